The lowest BCUT2D eigenvalue weighted by atomic mass is 10.1. The molecule has 0 aliphatic rings. The van der Waals surface area contributed by atoms with Crippen molar-refractivity contribution in [1.29, 1.82) is 0 Å². The molecule has 2 heterocycles. The van der Waals surface area contributed by atoms with Crippen molar-refractivity contribution in [3.8, 4) is 28.5 Å². The molecule has 0 saturated heterocycles. The Balaban J connectivity index is 1.33. The Morgan fingerprint density at radius 3 is 1.75 bits per heavy atom. The molecule has 0 saturated carbocycles. The molecule has 4 rings (SSSR count). The first kappa shape index (κ1) is 17.9. The summed E-state index contributed by atoms with van der Waals surface area (Å²) in [4.78, 5) is 8.90. The van der Waals surface area contributed by atoms with Gasteiger partial charge in [-0.15, -0.1) is 0 Å². The highest BCUT2D eigenvalue weighted by Crippen LogP contribution is 2.20. The van der Waals surface area contributed by atoms with Crippen LogP contribution in [0.15, 0.2) is 57.6 Å². The first-order valence-corrected chi connectivity index (χ1v) is 9.08. The van der Waals surface area contributed by atoms with Gasteiger partial charge in [-0.3, -0.25) is 0 Å². The molecule has 0 N–H and O–H groups in total. The third-order valence-corrected chi connectivity index (χ3v) is 4.38. The molecular formula is C21H20N4O3. The van der Waals surface area contributed by atoms with Gasteiger partial charge in [0.2, 0.25) is 23.4 Å². The highest BCUT2D eigenvalue weighted by Gasteiger charge is 2.11. The quantitative estimate of drug-likeness (QED) is 0.476. The van der Waals surface area contributed by atoms with Crippen molar-refractivity contribution >= 4 is 0 Å². The van der Waals surface area contributed by atoms with E-state index in [0.29, 0.717) is 36.3 Å². The van der Waals surface area contributed by atoms with Crippen molar-refractivity contribution in [2.24, 2.45) is 0 Å². The Kier molecular flexibility index (Phi) is 5.14. The highest BCUT2D eigenvalue weighted by atomic mass is 16.5. The van der Waals surface area contributed by atoms with E-state index in [2.05, 4.69) is 20.3 Å². The van der Waals surface area contributed by atoms with Gasteiger partial charge >= 0.3 is 0 Å². The maximum atomic E-state index is 5.34. The molecule has 0 bridgehead atoms. The van der Waals surface area contributed by atoms with Crippen molar-refractivity contribution < 1.29 is 13.8 Å². The maximum Gasteiger partial charge on any atom is 0.226 e. The second kappa shape index (κ2) is 8.04. The number of aryl methyl sites for hydroxylation is 3. The van der Waals surface area contributed by atoms with E-state index < -0.39 is 0 Å². The minimum atomic E-state index is 0.567. The lowest BCUT2D eigenvalue weighted by molar-refractivity contribution is 0.360. The molecule has 0 unspecified atom stereocenters. The van der Waals surface area contributed by atoms with E-state index in [9.17, 15) is 0 Å². The fraction of sp³-hybridized carbons (Fsp3) is 0.238. The SMILES string of the molecule is COc1ccc(-c2noc(CCCc3nc(-c4ccc(C)cc4)no3)n2)cc1. The molecular weight excluding hydrogens is 356 g/mol. The van der Waals surface area contributed by atoms with E-state index in [-0.39, 0.29) is 0 Å². The van der Waals surface area contributed by atoms with E-state index in [0.717, 1.165) is 23.3 Å². The Morgan fingerprint density at radius 1 is 0.750 bits per heavy atom. The molecule has 7 nitrogen and oxygen atoms in total. The second-order valence-electron chi connectivity index (χ2n) is 6.47. The Bertz CT molecular complexity index is 1040. The summed E-state index contributed by atoms with van der Waals surface area (Å²) in [7, 11) is 1.63. The molecule has 28 heavy (non-hydrogen) atoms. The van der Waals surface area contributed by atoms with Crippen molar-refractivity contribution in [1.82, 2.24) is 20.3 Å². The van der Waals surface area contributed by atoms with Crippen LogP contribution in [-0.4, -0.2) is 27.4 Å². The number of ether oxygens (including phenoxy) is 1. The summed E-state index contributed by atoms with van der Waals surface area (Å²) in [5, 5.41) is 8.09. The predicted molar refractivity (Wildman–Crippen MR) is 103 cm³/mol. The van der Waals surface area contributed by atoms with Gasteiger partial charge in [0.1, 0.15) is 5.75 Å². The minimum absolute atomic E-state index is 0.567. The average Bonchev–Trinajstić information content (AvgIpc) is 3.39. The smallest absolute Gasteiger partial charge is 0.226 e. The highest BCUT2D eigenvalue weighted by molar-refractivity contribution is 5.55. The van der Waals surface area contributed by atoms with Gasteiger partial charge in [-0.25, -0.2) is 0 Å². The van der Waals surface area contributed by atoms with Gasteiger partial charge in [0.15, 0.2) is 0 Å². The van der Waals surface area contributed by atoms with Crippen LogP contribution in [0, 0.1) is 6.92 Å². The third-order valence-electron chi connectivity index (χ3n) is 4.38. The fourth-order valence-electron chi connectivity index (χ4n) is 2.78. The zero-order chi connectivity index (χ0) is 19.3. The fourth-order valence-corrected chi connectivity index (χ4v) is 2.78. The Morgan fingerprint density at radius 2 is 1.25 bits per heavy atom. The molecule has 142 valence electrons. The number of hydrogen-bond donors (Lipinski definition) is 0. The number of methoxy groups -OCH3 is 1. The van der Waals surface area contributed by atoms with Crippen molar-refractivity contribution in [2.45, 2.75) is 26.2 Å². The normalized spacial score (nSPS) is 10.9. The van der Waals surface area contributed by atoms with Crippen LogP contribution < -0.4 is 4.74 Å². The van der Waals surface area contributed by atoms with Gasteiger partial charge in [0.05, 0.1) is 7.11 Å². The molecule has 2 aromatic heterocycles. The van der Waals surface area contributed by atoms with E-state index in [1.54, 1.807) is 7.11 Å². The minimum Gasteiger partial charge on any atom is -0.497 e. The average molecular weight is 376 g/mol. The van der Waals surface area contributed by atoms with Gasteiger partial charge in [0, 0.05) is 24.0 Å². The first-order valence-electron chi connectivity index (χ1n) is 9.08. The molecule has 2 aromatic carbocycles. The molecule has 0 aliphatic carbocycles. The van der Waals surface area contributed by atoms with Crippen LogP contribution in [0.3, 0.4) is 0 Å². The molecule has 0 aliphatic heterocycles. The van der Waals surface area contributed by atoms with Gasteiger partial charge in [-0.05, 0) is 37.6 Å². The molecule has 0 amide bonds. The molecule has 7 heteroatoms. The lowest BCUT2D eigenvalue weighted by Gasteiger charge is -1.98. The van der Waals surface area contributed by atoms with Crippen LogP contribution in [0.4, 0.5) is 0 Å². The van der Waals surface area contributed by atoms with E-state index in [1.807, 2.05) is 55.5 Å². The summed E-state index contributed by atoms with van der Waals surface area (Å²) in [6.45, 7) is 2.04. The van der Waals surface area contributed by atoms with Crippen molar-refractivity contribution in [2.75, 3.05) is 7.11 Å². The maximum absolute atomic E-state index is 5.34. The van der Waals surface area contributed by atoms with Crippen LogP contribution in [0.25, 0.3) is 22.8 Å². The molecule has 0 spiro atoms. The largest absolute Gasteiger partial charge is 0.497 e. The van der Waals surface area contributed by atoms with Crippen LogP contribution in [0.5, 0.6) is 5.75 Å². The summed E-state index contributed by atoms with van der Waals surface area (Å²) in [6.07, 6.45) is 2.07. The molecule has 0 fully saturated rings. The predicted octanol–water partition coefficient (Wildman–Crippen LogP) is 4.28. The standard InChI is InChI=1S/C21H20N4O3/c1-14-6-8-15(9-7-14)20-22-18(27-24-20)4-3-5-19-23-21(25-28-19)16-10-12-17(26-2)13-11-16/h6-13H,3-5H2,1-2H3. The Labute approximate surface area is 162 Å². The second-order valence-corrected chi connectivity index (χ2v) is 6.47. The summed E-state index contributed by atoms with van der Waals surface area (Å²) >= 11 is 0. The zero-order valence-corrected chi connectivity index (χ0v) is 15.8. The molecule has 0 atom stereocenters. The summed E-state index contributed by atoms with van der Waals surface area (Å²) in [5.41, 5.74) is 3.03. The third kappa shape index (κ3) is 4.09. The summed E-state index contributed by atoms with van der Waals surface area (Å²) in [6, 6.07) is 15.6. The monoisotopic (exact) mass is 376 g/mol. The Hall–Kier alpha value is -3.48. The zero-order valence-electron chi connectivity index (χ0n) is 15.8. The van der Waals surface area contributed by atoms with E-state index in [4.69, 9.17) is 13.8 Å². The lowest BCUT2D eigenvalue weighted by Crippen LogP contribution is -1.91. The van der Waals surface area contributed by atoms with Crippen LogP contribution in [0.2, 0.25) is 0 Å². The number of nitrogens with zero attached hydrogens (tertiary/aromatic N) is 4. The number of hydrogen-bond acceptors (Lipinski definition) is 7. The van der Waals surface area contributed by atoms with Gasteiger partial charge in [-0.1, -0.05) is 40.1 Å². The molecule has 0 radical (unpaired) electrons. The van der Waals surface area contributed by atoms with Gasteiger partial charge in [0.25, 0.3) is 0 Å². The van der Waals surface area contributed by atoms with Gasteiger partial charge in [-0.2, -0.15) is 9.97 Å². The van der Waals surface area contributed by atoms with E-state index in [1.165, 1.54) is 5.56 Å². The van der Waals surface area contributed by atoms with Gasteiger partial charge < -0.3 is 13.8 Å². The van der Waals surface area contributed by atoms with Crippen LogP contribution in [0.1, 0.15) is 23.8 Å². The summed E-state index contributed by atoms with van der Waals surface area (Å²) in [5.74, 6) is 3.15. The summed E-state index contributed by atoms with van der Waals surface area (Å²) < 4.78 is 15.8. The number of benzene rings is 2. The molecule has 4 aromatic rings. The number of rotatable bonds is 7. The first-order chi connectivity index (χ1) is 13.7. The number of aromatic nitrogens is 4. The topological polar surface area (TPSA) is 87.1 Å². The van der Waals surface area contributed by atoms with Crippen molar-refractivity contribution in [3.05, 3.63) is 65.9 Å². The van der Waals surface area contributed by atoms with E-state index >= 15 is 0 Å². The van der Waals surface area contributed by atoms with Crippen LogP contribution in [-0.2, 0) is 12.8 Å². The van der Waals surface area contributed by atoms with Crippen molar-refractivity contribution in [3.63, 3.8) is 0 Å². The van der Waals surface area contributed by atoms with Crippen LogP contribution >= 0.6 is 0 Å².